The average Bonchev–Trinajstić information content (AvgIpc) is 3.47. The van der Waals surface area contributed by atoms with Crippen LogP contribution in [-0.2, 0) is 11.3 Å². The lowest BCUT2D eigenvalue weighted by molar-refractivity contribution is -0.123. The quantitative estimate of drug-likeness (QED) is 0.588. The molecular formula is C21H25N5O2. The predicted octanol–water partition coefficient (Wildman–Crippen LogP) is 2.64. The molecule has 1 saturated heterocycles. The number of hydrogen-bond donors (Lipinski definition) is 3. The van der Waals surface area contributed by atoms with Crippen molar-refractivity contribution in [3.63, 3.8) is 0 Å². The van der Waals surface area contributed by atoms with Crippen LogP contribution in [0.15, 0.2) is 65.6 Å². The van der Waals surface area contributed by atoms with Crippen molar-refractivity contribution in [2.24, 2.45) is 0 Å². The minimum Gasteiger partial charge on any atom is -0.465 e. The molecule has 0 bridgehead atoms. The zero-order valence-electron chi connectivity index (χ0n) is 15.8. The first kappa shape index (κ1) is 18.5. The van der Waals surface area contributed by atoms with Gasteiger partial charge in [0, 0.05) is 18.9 Å². The summed E-state index contributed by atoms with van der Waals surface area (Å²) in [6, 6.07) is 13.6. The molecule has 3 atom stereocenters. The molecular weight excluding hydrogens is 354 g/mol. The van der Waals surface area contributed by atoms with Gasteiger partial charge in [0.05, 0.1) is 18.4 Å². The molecule has 0 spiro atoms. The van der Waals surface area contributed by atoms with Gasteiger partial charge in [0.2, 0.25) is 5.91 Å². The molecule has 1 amide bonds. The number of imidazole rings is 1. The molecule has 1 aromatic carbocycles. The molecule has 3 heterocycles. The summed E-state index contributed by atoms with van der Waals surface area (Å²) in [5.41, 5.74) is 7.37. The van der Waals surface area contributed by atoms with Gasteiger partial charge in [-0.25, -0.2) is 15.8 Å². The molecule has 3 unspecified atom stereocenters. The first-order chi connectivity index (χ1) is 13.7. The number of aromatic nitrogens is 2. The normalized spacial score (nSPS) is 20.2. The van der Waals surface area contributed by atoms with Crippen LogP contribution < -0.4 is 16.2 Å². The van der Waals surface area contributed by atoms with Gasteiger partial charge in [0.15, 0.2) is 0 Å². The lowest BCUT2D eigenvalue weighted by atomic mass is 10.0. The maximum absolute atomic E-state index is 12.9. The Morgan fingerprint density at radius 1 is 1.29 bits per heavy atom. The van der Waals surface area contributed by atoms with E-state index in [9.17, 15) is 4.79 Å². The van der Waals surface area contributed by atoms with Crippen LogP contribution in [-0.4, -0.2) is 21.5 Å². The predicted molar refractivity (Wildman–Crippen MR) is 105 cm³/mol. The van der Waals surface area contributed by atoms with Gasteiger partial charge in [-0.05, 0) is 37.5 Å². The second kappa shape index (κ2) is 8.41. The molecule has 3 N–H and O–H groups in total. The molecule has 7 nitrogen and oxygen atoms in total. The Kier molecular flexibility index (Phi) is 5.55. The standard InChI is InChI=1S/C21H25N5O2/c1-15-7-8-20(28-15)18-13-19(25-24-18)21(27)23-17(16-5-3-2-4-6-16)9-11-26-12-10-22-14-26/h2-8,10,12,14,17-19,24-25H,9,11,13H2,1H3,(H,23,27). The van der Waals surface area contributed by atoms with Crippen molar-refractivity contribution in [3.05, 3.63) is 78.3 Å². The summed E-state index contributed by atoms with van der Waals surface area (Å²) in [7, 11) is 0. The smallest absolute Gasteiger partial charge is 0.239 e. The molecule has 3 aromatic rings. The third-order valence-corrected chi connectivity index (χ3v) is 5.08. The van der Waals surface area contributed by atoms with Gasteiger partial charge < -0.3 is 14.3 Å². The highest BCUT2D eigenvalue weighted by Gasteiger charge is 2.32. The van der Waals surface area contributed by atoms with Crippen LogP contribution in [0, 0.1) is 6.92 Å². The average molecular weight is 379 g/mol. The molecule has 1 aliphatic heterocycles. The number of hydrogen-bond acceptors (Lipinski definition) is 5. The molecule has 146 valence electrons. The molecule has 0 saturated carbocycles. The molecule has 7 heteroatoms. The van der Waals surface area contributed by atoms with Crippen molar-refractivity contribution in [3.8, 4) is 0 Å². The molecule has 1 fully saturated rings. The van der Waals surface area contributed by atoms with Gasteiger partial charge in [0.1, 0.15) is 17.6 Å². The number of carbonyl (C=O) groups is 1. The lowest BCUT2D eigenvalue weighted by Crippen LogP contribution is -2.44. The van der Waals surface area contributed by atoms with E-state index in [0.717, 1.165) is 30.0 Å². The number of rotatable bonds is 7. The Morgan fingerprint density at radius 2 is 2.14 bits per heavy atom. The first-order valence-corrected chi connectivity index (χ1v) is 9.57. The van der Waals surface area contributed by atoms with Crippen molar-refractivity contribution < 1.29 is 9.21 Å². The molecule has 1 aliphatic rings. The summed E-state index contributed by atoms with van der Waals surface area (Å²) in [5.74, 6) is 1.70. The van der Waals surface area contributed by atoms with E-state index in [1.54, 1.807) is 12.5 Å². The fourth-order valence-electron chi connectivity index (χ4n) is 3.53. The highest BCUT2D eigenvalue weighted by Crippen LogP contribution is 2.25. The molecule has 2 aromatic heterocycles. The van der Waals surface area contributed by atoms with Crippen molar-refractivity contribution in [1.82, 2.24) is 25.7 Å². The first-order valence-electron chi connectivity index (χ1n) is 9.57. The topological polar surface area (TPSA) is 84.1 Å². The number of nitrogens with zero attached hydrogens (tertiary/aromatic N) is 2. The second-order valence-electron chi connectivity index (χ2n) is 7.14. The number of carbonyl (C=O) groups excluding carboxylic acids is 1. The van der Waals surface area contributed by atoms with E-state index >= 15 is 0 Å². The van der Waals surface area contributed by atoms with E-state index in [1.165, 1.54) is 0 Å². The summed E-state index contributed by atoms with van der Waals surface area (Å²) < 4.78 is 7.70. The number of furan rings is 1. The fourth-order valence-corrected chi connectivity index (χ4v) is 3.53. The minimum atomic E-state index is -0.310. The molecule has 0 radical (unpaired) electrons. The van der Waals surface area contributed by atoms with Gasteiger partial charge in [-0.2, -0.15) is 0 Å². The van der Waals surface area contributed by atoms with Crippen LogP contribution in [0.3, 0.4) is 0 Å². The van der Waals surface area contributed by atoms with Crippen molar-refractivity contribution >= 4 is 5.91 Å². The van der Waals surface area contributed by atoms with Gasteiger partial charge in [-0.15, -0.1) is 0 Å². The lowest BCUT2D eigenvalue weighted by Gasteiger charge is -2.21. The van der Waals surface area contributed by atoms with Crippen molar-refractivity contribution in [2.75, 3.05) is 0 Å². The number of benzene rings is 1. The van der Waals surface area contributed by atoms with Gasteiger partial charge in [-0.3, -0.25) is 4.79 Å². The van der Waals surface area contributed by atoms with Crippen LogP contribution >= 0.6 is 0 Å². The Bertz CT molecular complexity index is 891. The van der Waals surface area contributed by atoms with E-state index in [1.807, 2.05) is 60.2 Å². The Balaban J connectivity index is 1.40. The van der Waals surface area contributed by atoms with Crippen LogP contribution in [0.2, 0.25) is 0 Å². The maximum Gasteiger partial charge on any atom is 0.239 e. The SMILES string of the molecule is Cc1ccc(C2CC(C(=O)NC(CCn3ccnc3)c3ccccc3)NN2)o1. The third kappa shape index (κ3) is 4.32. The van der Waals surface area contributed by atoms with E-state index in [2.05, 4.69) is 21.2 Å². The number of aryl methyl sites for hydroxylation is 2. The van der Waals surface area contributed by atoms with E-state index in [-0.39, 0.29) is 24.0 Å². The van der Waals surface area contributed by atoms with E-state index in [0.29, 0.717) is 6.42 Å². The van der Waals surface area contributed by atoms with Crippen molar-refractivity contribution in [1.29, 1.82) is 0 Å². The Morgan fingerprint density at radius 3 is 2.86 bits per heavy atom. The summed E-state index contributed by atoms with van der Waals surface area (Å²) in [6.45, 7) is 2.70. The zero-order chi connectivity index (χ0) is 19.3. The van der Waals surface area contributed by atoms with Gasteiger partial charge >= 0.3 is 0 Å². The maximum atomic E-state index is 12.9. The van der Waals surface area contributed by atoms with Crippen LogP contribution in [0.25, 0.3) is 0 Å². The fraction of sp³-hybridized carbons (Fsp3) is 0.333. The number of hydrazine groups is 1. The highest BCUT2D eigenvalue weighted by molar-refractivity contribution is 5.82. The summed E-state index contributed by atoms with van der Waals surface area (Å²) in [5, 5.41) is 3.21. The zero-order valence-corrected chi connectivity index (χ0v) is 15.8. The largest absolute Gasteiger partial charge is 0.465 e. The molecule has 4 rings (SSSR count). The van der Waals surface area contributed by atoms with E-state index in [4.69, 9.17) is 4.42 Å². The van der Waals surface area contributed by atoms with Crippen LogP contribution in [0.1, 0.15) is 42.0 Å². The summed E-state index contributed by atoms with van der Waals surface area (Å²) in [4.78, 5) is 17.0. The van der Waals surface area contributed by atoms with Crippen LogP contribution in [0.4, 0.5) is 0 Å². The van der Waals surface area contributed by atoms with Crippen molar-refractivity contribution in [2.45, 2.75) is 44.4 Å². The van der Waals surface area contributed by atoms with Crippen LogP contribution in [0.5, 0.6) is 0 Å². The van der Waals surface area contributed by atoms with Gasteiger partial charge in [-0.1, -0.05) is 30.3 Å². The number of amides is 1. The summed E-state index contributed by atoms with van der Waals surface area (Å²) in [6.07, 6.45) is 6.92. The summed E-state index contributed by atoms with van der Waals surface area (Å²) >= 11 is 0. The molecule has 28 heavy (non-hydrogen) atoms. The molecule has 0 aliphatic carbocycles. The third-order valence-electron chi connectivity index (χ3n) is 5.08. The highest BCUT2D eigenvalue weighted by atomic mass is 16.3. The monoisotopic (exact) mass is 379 g/mol. The Labute approximate surface area is 164 Å². The number of nitrogens with one attached hydrogen (secondary N) is 3. The minimum absolute atomic E-state index is 0.00873. The van der Waals surface area contributed by atoms with Gasteiger partial charge in [0.25, 0.3) is 0 Å². The Hall–Kier alpha value is -2.90. The second-order valence-corrected chi connectivity index (χ2v) is 7.14. The van der Waals surface area contributed by atoms with E-state index < -0.39 is 0 Å².